The summed E-state index contributed by atoms with van der Waals surface area (Å²) >= 11 is 0. The summed E-state index contributed by atoms with van der Waals surface area (Å²) in [5, 5.41) is 2.98. The number of hydrogen-bond donors (Lipinski definition) is 2. The Morgan fingerprint density at radius 1 is 1.12 bits per heavy atom. The molecule has 4 rings (SSSR count). The highest BCUT2D eigenvalue weighted by Gasteiger charge is 2.31. The minimum Gasteiger partial charge on any atom is -0.463 e. The molecule has 0 saturated carbocycles. The lowest BCUT2D eigenvalue weighted by Gasteiger charge is -2.28. The second-order valence-electron chi connectivity index (χ2n) is 7.54. The van der Waals surface area contributed by atoms with E-state index in [1.54, 1.807) is 23.1 Å². The summed E-state index contributed by atoms with van der Waals surface area (Å²) in [7, 11) is 0. The predicted molar refractivity (Wildman–Crippen MR) is 113 cm³/mol. The number of nitrogens with two attached hydrogens (primary N) is 1. The van der Waals surface area contributed by atoms with E-state index in [9.17, 15) is 18.0 Å². The van der Waals surface area contributed by atoms with Gasteiger partial charge in [0.25, 0.3) is 5.91 Å². The first-order chi connectivity index (χ1) is 15.3. The summed E-state index contributed by atoms with van der Waals surface area (Å²) in [4.78, 5) is 23.6. The van der Waals surface area contributed by atoms with Gasteiger partial charge in [-0.25, -0.2) is 4.98 Å². The van der Waals surface area contributed by atoms with Crippen molar-refractivity contribution in [2.24, 2.45) is 0 Å². The van der Waals surface area contributed by atoms with Gasteiger partial charge in [0.2, 0.25) is 5.95 Å². The van der Waals surface area contributed by atoms with E-state index in [1.807, 2.05) is 0 Å². The summed E-state index contributed by atoms with van der Waals surface area (Å²) in [6, 6.07) is 8.28. The number of carbonyl (C=O) groups is 1. The van der Waals surface area contributed by atoms with Gasteiger partial charge in [0.05, 0.1) is 11.8 Å². The molecule has 0 aliphatic carbocycles. The van der Waals surface area contributed by atoms with Crippen LogP contribution in [0, 0.1) is 0 Å². The van der Waals surface area contributed by atoms with Gasteiger partial charge >= 0.3 is 6.18 Å². The standard InChI is InChI=1S/C22H22F3N5O2/c23-22(24,25)15-7-4-6-14(12-15)13-27-19-17(20(31)30-9-2-1-3-10-30)18(28-21(26)29-19)16-8-5-11-32-16/h4-8,11-12H,1-3,9-10,13H2,(H3,26,27,28,29). The molecule has 32 heavy (non-hydrogen) atoms. The third-order valence-electron chi connectivity index (χ3n) is 5.25. The molecule has 1 aliphatic rings. The predicted octanol–water partition coefficient (Wildman–Crippen LogP) is 4.58. The van der Waals surface area contributed by atoms with Crippen molar-refractivity contribution in [3.05, 3.63) is 59.4 Å². The molecule has 0 unspecified atom stereocenters. The zero-order chi connectivity index (χ0) is 22.7. The second kappa shape index (κ2) is 8.89. The zero-order valence-electron chi connectivity index (χ0n) is 17.2. The van der Waals surface area contributed by atoms with Crippen molar-refractivity contribution >= 4 is 17.7 Å². The van der Waals surface area contributed by atoms with Crippen LogP contribution < -0.4 is 11.1 Å². The lowest BCUT2D eigenvalue weighted by Crippen LogP contribution is -2.36. The van der Waals surface area contributed by atoms with E-state index in [0.29, 0.717) is 24.4 Å². The van der Waals surface area contributed by atoms with Gasteiger partial charge in [-0.1, -0.05) is 12.1 Å². The Bertz CT molecular complexity index is 1090. The van der Waals surface area contributed by atoms with Gasteiger partial charge in [-0.2, -0.15) is 18.2 Å². The van der Waals surface area contributed by atoms with Crippen LogP contribution in [0.2, 0.25) is 0 Å². The van der Waals surface area contributed by atoms with Crippen molar-refractivity contribution in [1.29, 1.82) is 0 Å². The molecule has 7 nitrogen and oxygen atoms in total. The topological polar surface area (TPSA) is 97.3 Å². The van der Waals surface area contributed by atoms with Crippen LogP contribution in [0.25, 0.3) is 11.5 Å². The first kappa shape index (κ1) is 21.7. The Hall–Kier alpha value is -3.56. The average molecular weight is 445 g/mol. The van der Waals surface area contributed by atoms with Crippen LogP contribution in [0.5, 0.6) is 0 Å². The largest absolute Gasteiger partial charge is 0.463 e. The number of nitrogen functional groups attached to an aromatic ring is 1. The van der Waals surface area contributed by atoms with Crippen molar-refractivity contribution in [1.82, 2.24) is 14.9 Å². The fraction of sp³-hybridized carbons (Fsp3) is 0.318. The molecular weight excluding hydrogens is 423 g/mol. The maximum atomic E-state index is 13.4. The number of furan rings is 1. The molecule has 1 amide bonds. The Morgan fingerprint density at radius 2 is 1.91 bits per heavy atom. The SMILES string of the molecule is Nc1nc(NCc2cccc(C(F)(F)F)c2)c(C(=O)N2CCCCC2)c(-c2ccco2)n1. The first-order valence-corrected chi connectivity index (χ1v) is 10.2. The van der Waals surface area contributed by atoms with E-state index in [1.165, 1.54) is 12.3 Å². The van der Waals surface area contributed by atoms with E-state index >= 15 is 0 Å². The van der Waals surface area contributed by atoms with Gasteiger partial charge < -0.3 is 20.4 Å². The highest BCUT2D eigenvalue weighted by atomic mass is 19.4. The van der Waals surface area contributed by atoms with E-state index in [4.69, 9.17) is 10.2 Å². The molecule has 1 aliphatic heterocycles. The minimum absolute atomic E-state index is 0.0122. The molecule has 2 aromatic heterocycles. The second-order valence-corrected chi connectivity index (χ2v) is 7.54. The fourth-order valence-corrected chi connectivity index (χ4v) is 3.70. The highest BCUT2D eigenvalue weighted by Crippen LogP contribution is 2.32. The molecule has 3 heterocycles. The molecule has 10 heteroatoms. The van der Waals surface area contributed by atoms with E-state index in [0.717, 1.165) is 31.4 Å². The van der Waals surface area contributed by atoms with Gasteiger partial charge in [-0.3, -0.25) is 4.79 Å². The van der Waals surface area contributed by atoms with E-state index < -0.39 is 11.7 Å². The van der Waals surface area contributed by atoms with Crippen LogP contribution >= 0.6 is 0 Å². The van der Waals surface area contributed by atoms with Crippen LogP contribution in [0.4, 0.5) is 24.9 Å². The van der Waals surface area contributed by atoms with Gasteiger partial charge in [0, 0.05) is 19.6 Å². The maximum Gasteiger partial charge on any atom is 0.416 e. The number of hydrogen-bond acceptors (Lipinski definition) is 6. The summed E-state index contributed by atoms with van der Waals surface area (Å²) in [6.07, 6.45) is -0.154. The number of rotatable bonds is 5. The average Bonchev–Trinajstić information content (AvgIpc) is 3.32. The van der Waals surface area contributed by atoms with Crippen molar-refractivity contribution in [3.63, 3.8) is 0 Å². The summed E-state index contributed by atoms with van der Waals surface area (Å²) in [5.41, 5.74) is 5.94. The number of amides is 1. The van der Waals surface area contributed by atoms with Crippen LogP contribution in [0.3, 0.4) is 0 Å². The number of piperidine rings is 1. The molecule has 3 aromatic rings. The molecular formula is C22H22F3N5O2. The van der Waals surface area contributed by atoms with Crippen molar-refractivity contribution in [2.45, 2.75) is 32.0 Å². The van der Waals surface area contributed by atoms with E-state index in [-0.39, 0.29) is 35.5 Å². The molecule has 0 bridgehead atoms. The molecule has 3 N–H and O–H groups in total. The Morgan fingerprint density at radius 3 is 2.59 bits per heavy atom. The molecule has 1 fully saturated rings. The number of anilines is 2. The lowest BCUT2D eigenvalue weighted by molar-refractivity contribution is -0.137. The summed E-state index contributed by atoms with van der Waals surface area (Å²) in [5.74, 6) is 0.138. The molecule has 1 saturated heterocycles. The molecule has 0 radical (unpaired) electrons. The quantitative estimate of drug-likeness (QED) is 0.597. The number of nitrogens with zero attached hydrogens (tertiary/aromatic N) is 3. The van der Waals surface area contributed by atoms with Crippen LogP contribution in [-0.2, 0) is 12.7 Å². The number of likely N-dealkylation sites (tertiary alicyclic amines) is 1. The van der Waals surface area contributed by atoms with Crippen molar-refractivity contribution in [2.75, 3.05) is 24.1 Å². The Kier molecular flexibility index (Phi) is 6.02. The number of carbonyl (C=O) groups excluding carboxylic acids is 1. The fourth-order valence-electron chi connectivity index (χ4n) is 3.70. The van der Waals surface area contributed by atoms with Gasteiger partial charge in [0.1, 0.15) is 17.1 Å². The maximum absolute atomic E-state index is 13.4. The van der Waals surface area contributed by atoms with E-state index in [2.05, 4.69) is 15.3 Å². The van der Waals surface area contributed by atoms with Crippen LogP contribution in [-0.4, -0.2) is 33.9 Å². The zero-order valence-corrected chi connectivity index (χ0v) is 17.2. The minimum atomic E-state index is -4.45. The summed E-state index contributed by atoms with van der Waals surface area (Å²) < 4.78 is 44.6. The van der Waals surface area contributed by atoms with Gasteiger partial charge in [0.15, 0.2) is 5.76 Å². The number of alkyl halides is 3. The lowest BCUT2D eigenvalue weighted by atomic mass is 10.1. The molecule has 168 valence electrons. The third-order valence-corrected chi connectivity index (χ3v) is 5.25. The van der Waals surface area contributed by atoms with Gasteiger partial charge in [-0.15, -0.1) is 0 Å². The third kappa shape index (κ3) is 4.68. The Labute approximate surface area is 182 Å². The number of benzene rings is 1. The Balaban J connectivity index is 1.70. The monoisotopic (exact) mass is 445 g/mol. The number of halogens is 3. The first-order valence-electron chi connectivity index (χ1n) is 10.2. The highest BCUT2D eigenvalue weighted by molar-refractivity contribution is 6.04. The van der Waals surface area contributed by atoms with Crippen LogP contribution in [0.1, 0.15) is 40.7 Å². The van der Waals surface area contributed by atoms with Crippen molar-refractivity contribution in [3.8, 4) is 11.5 Å². The normalized spacial score (nSPS) is 14.4. The van der Waals surface area contributed by atoms with Crippen LogP contribution in [0.15, 0.2) is 47.1 Å². The number of nitrogens with one attached hydrogen (secondary N) is 1. The van der Waals surface area contributed by atoms with Gasteiger partial charge in [-0.05, 0) is 49.1 Å². The molecule has 0 spiro atoms. The summed E-state index contributed by atoms with van der Waals surface area (Å²) in [6.45, 7) is 1.22. The molecule has 0 atom stereocenters. The van der Waals surface area contributed by atoms with Crippen molar-refractivity contribution < 1.29 is 22.4 Å². The molecule has 1 aromatic carbocycles. The number of aromatic nitrogens is 2. The smallest absolute Gasteiger partial charge is 0.416 e.